The molecule has 0 saturated carbocycles. The lowest BCUT2D eigenvalue weighted by atomic mass is 9.83. The van der Waals surface area contributed by atoms with Gasteiger partial charge in [-0.3, -0.25) is 9.59 Å². The zero-order chi connectivity index (χ0) is 20.8. The molecular formula is C23H20O6. The molecule has 0 aromatic heterocycles. The molecule has 0 unspecified atom stereocenters. The second-order valence-corrected chi connectivity index (χ2v) is 6.45. The Balaban J connectivity index is 2.23. The van der Waals surface area contributed by atoms with Crippen molar-refractivity contribution < 1.29 is 29.6 Å². The lowest BCUT2D eigenvalue weighted by Crippen LogP contribution is -2.07. The van der Waals surface area contributed by atoms with Crippen LogP contribution in [0.3, 0.4) is 0 Å². The van der Waals surface area contributed by atoms with Gasteiger partial charge < -0.3 is 20.1 Å². The molecule has 3 N–H and O–H groups in total. The summed E-state index contributed by atoms with van der Waals surface area (Å²) in [7, 11) is 0. The van der Waals surface area contributed by atoms with Gasteiger partial charge in [-0.2, -0.15) is 0 Å². The highest BCUT2D eigenvalue weighted by Crippen LogP contribution is 2.41. The molecule has 0 aliphatic heterocycles. The number of aromatic hydroxyl groups is 2. The van der Waals surface area contributed by atoms with E-state index in [1.807, 2.05) is 0 Å². The first kappa shape index (κ1) is 20.1. The highest BCUT2D eigenvalue weighted by atomic mass is 16.5. The molecule has 0 spiro atoms. The minimum Gasteiger partial charge on any atom is -0.508 e. The van der Waals surface area contributed by atoms with Gasteiger partial charge in [0.25, 0.3) is 0 Å². The Bertz CT molecular complexity index is 970. The number of aldehydes is 2. The van der Waals surface area contributed by atoms with Crippen LogP contribution < -0.4 is 4.74 Å². The van der Waals surface area contributed by atoms with E-state index in [0.717, 1.165) is 0 Å². The van der Waals surface area contributed by atoms with E-state index in [2.05, 4.69) is 0 Å². The van der Waals surface area contributed by atoms with E-state index in [1.54, 1.807) is 36.4 Å². The van der Waals surface area contributed by atoms with Crippen LogP contribution in [0.4, 0.5) is 0 Å². The molecule has 0 aliphatic carbocycles. The predicted molar refractivity (Wildman–Crippen MR) is 107 cm³/mol. The summed E-state index contributed by atoms with van der Waals surface area (Å²) in [6.07, 6.45) is 1.34. The van der Waals surface area contributed by atoms with Gasteiger partial charge in [-0.05, 0) is 54.1 Å². The first-order valence-corrected chi connectivity index (χ1v) is 8.97. The molecule has 29 heavy (non-hydrogen) atoms. The number of benzene rings is 3. The van der Waals surface area contributed by atoms with Crippen molar-refractivity contribution in [3.8, 4) is 17.2 Å². The van der Waals surface area contributed by atoms with Gasteiger partial charge in [0.05, 0.1) is 6.61 Å². The number of carbonyl (C=O) groups is 2. The Labute approximate surface area is 167 Å². The Morgan fingerprint density at radius 3 is 1.93 bits per heavy atom. The van der Waals surface area contributed by atoms with Crippen molar-refractivity contribution in [2.45, 2.75) is 5.92 Å². The Hall–Kier alpha value is -3.64. The van der Waals surface area contributed by atoms with E-state index in [4.69, 9.17) is 9.84 Å². The molecule has 0 fully saturated rings. The summed E-state index contributed by atoms with van der Waals surface area (Å²) in [6, 6.07) is 15.9. The number of rotatable bonds is 8. The van der Waals surface area contributed by atoms with Crippen LogP contribution in [0, 0.1) is 0 Å². The van der Waals surface area contributed by atoms with E-state index in [-0.39, 0.29) is 24.7 Å². The molecule has 0 radical (unpaired) electrons. The third-order valence-corrected chi connectivity index (χ3v) is 4.55. The van der Waals surface area contributed by atoms with Gasteiger partial charge in [0, 0.05) is 28.2 Å². The molecule has 148 valence electrons. The molecule has 0 amide bonds. The molecular weight excluding hydrogens is 372 g/mol. The van der Waals surface area contributed by atoms with Crippen molar-refractivity contribution >= 4 is 12.6 Å². The number of aliphatic hydroxyl groups excluding tert-OH is 1. The van der Waals surface area contributed by atoms with Gasteiger partial charge in [-0.1, -0.05) is 12.1 Å². The third-order valence-electron chi connectivity index (χ3n) is 4.55. The standard InChI is InChI=1S/C23H20O6/c24-8-9-29-18-3-1-2-17(12-18)23(19-10-15(13-25)4-6-21(19)27)20-11-16(14-26)5-7-22(20)28/h1-7,10-14,23-24,27-28H,8-9H2. The quantitative estimate of drug-likeness (QED) is 0.401. The Morgan fingerprint density at radius 2 is 1.41 bits per heavy atom. The van der Waals surface area contributed by atoms with Crippen LogP contribution in [0.5, 0.6) is 17.2 Å². The minimum atomic E-state index is -0.674. The summed E-state index contributed by atoms with van der Waals surface area (Å²) in [4.78, 5) is 22.6. The number of ether oxygens (including phenoxy) is 1. The summed E-state index contributed by atoms with van der Waals surface area (Å²) >= 11 is 0. The van der Waals surface area contributed by atoms with E-state index < -0.39 is 5.92 Å². The summed E-state index contributed by atoms with van der Waals surface area (Å²) in [5.41, 5.74) is 2.18. The molecule has 0 atom stereocenters. The molecule has 6 nitrogen and oxygen atoms in total. The fraction of sp³-hybridized carbons (Fsp3) is 0.130. The first-order chi connectivity index (χ1) is 14.1. The van der Waals surface area contributed by atoms with Crippen LogP contribution in [0.2, 0.25) is 0 Å². The van der Waals surface area contributed by atoms with Gasteiger partial charge >= 0.3 is 0 Å². The van der Waals surface area contributed by atoms with E-state index in [9.17, 15) is 19.8 Å². The maximum absolute atomic E-state index is 11.3. The smallest absolute Gasteiger partial charge is 0.150 e. The second kappa shape index (κ2) is 9.03. The number of carbonyl (C=O) groups excluding carboxylic acids is 2. The topological polar surface area (TPSA) is 104 Å². The average molecular weight is 392 g/mol. The summed E-state index contributed by atoms with van der Waals surface area (Å²) in [5.74, 6) is -0.289. The lowest BCUT2D eigenvalue weighted by Gasteiger charge is -2.22. The van der Waals surface area contributed by atoms with Crippen molar-refractivity contribution in [3.63, 3.8) is 0 Å². The summed E-state index contributed by atoms with van der Waals surface area (Å²) < 4.78 is 5.48. The highest BCUT2D eigenvalue weighted by Gasteiger charge is 2.24. The van der Waals surface area contributed by atoms with Crippen molar-refractivity contribution in [2.24, 2.45) is 0 Å². The predicted octanol–water partition coefficient (Wildman–Crippen LogP) is 3.27. The maximum Gasteiger partial charge on any atom is 0.150 e. The molecule has 6 heteroatoms. The molecule has 0 saturated heterocycles. The van der Waals surface area contributed by atoms with Crippen LogP contribution in [0.15, 0.2) is 60.7 Å². The second-order valence-electron chi connectivity index (χ2n) is 6.45. The van der Waals surface area contributed by atoms with Gasteiger partial charge in [-0.25, -0.2) is 0 Å². The van der Waals surface area contributed by atoms with Crippen LogP contribution in [0.25, 0.3) is 0 Å². The number of hydrogen-bond acceptors (Lipinski definition) is 6. The minimum absolute atomic E-state index is 0.0572. The van der Waals surface area contributed by atoms with Crippen molar-refractivity contribution in [1.29, 1.82) is 0 Å². The lowest BCUT2D eigenvalue weighted by molar-refractivity contribution is 0.111. The van der Waals surface area contributed by atoms with Crippen molar-refractivity contribution in [1.82, 2.24) is 0 Å². The monoisotopic (exact) mass is 392 g/mol. The molecule has 0 bridgehead atoms. The van der Waals surface area contributed by atoms with Crippen LogP contribution >= 0.6 is 0 Å². The zero-order valence-corrected chi connectivity index (χ0v) is 15.5. The fourth-order valence-corrected chi connectivity index (χ4v) is 3.23. The largest absolute Gasteiger partial charge is 0.508 e. The average Bonchev–Trinajstić information content (AvgIpc) is 2.75. The van der Waals surface area contributed by atoms with Crippen LogP contribution in [-0.2, 0) is 0 Å². The molecule has 3 aromatic rings. The number of hydrogen-bond donors (Lipinski definition) is 3. The third kappa shape index (κ3) is 4.44. The SMILES string of the molecule is O=Cc1ccc(O)c(C(c2cccc(OCCO)c2)c2cc(C=O)ccc2O)c1. The molecule has 0 aliphatic rings. The van der Waals surface area contributed by atoms with Gasteiger partial charge in [0.15, 0.2) is 0 Å². The van der Waals surface area contributed by atoms with E-state index in [0.29, 0.717) is 46.1 Å². The fourth-order valence-electron chi connectivity index (χ4n) is 3.23. The molecule has 3 rings (SSSR count). The van der Waals surface area contributed by atoms with Crippen molar-refractivity contribution in [3.05, 3.63) is 88.5 Å². The van der Waals surface area contributed by atoms with Gasteiger partial charge in [0.1, 0.15) is 36.4 Å². The normalized spacial score (nSPS) is 10.7. The Morgan fingerprint density at radius 1 is 0.828 bits per heavy atom. The summed E-state index contributed by atoms with van der Waals surface area (Å²) in [5, 5.41) is 30.0. The first-order valence-electron chi connectivity index (χ1n) is 8.97. The van der Waals surface area contributed by atoms with Crippen molar-refractivity contribution in [2.75, 3.05) is 13.2 Å². The van der Waals surface area contributed by atoms with Crippen LogP contribution in [0.1, 0.15) is 43.3 Å². The van der Waals surface area contributed by atoms with Gasteiger partial charge in [0.2, 0.25) is 0 Å². The molecule has 3 aromatic carbocycles. The van der Waals surface area contributed by atoms with Crippen LogP contribution in [-0.4, -0.2) is 41.1 Å². The number of phenols is 2. The maximum atomic E-state index is 11.3. The highest BCUT2D eigenvalue weighted by molar-refractivity contribution is 5.77. The number of aliphatic hydroxyl groups is 1. The Kier molecular flexibility index (Phi) is 6.26. The van der Waals surface area contributed by atoms with E-state index in [1.165, 1.54) is 24.3 Å². The molecule has 0 heterocycles. The number of phenolic OH excluding ortho intramolecular Hbond substituents is 2. The summed E-state index contributed by atoms with van der Waals surface area (Å²) in [6.45, 7) is -0.0239. The van der Waals surface area contributed by atoms with E-state index >= 15 is 0 Å². The zero-order valence-electron chi connectivity index (χ0n) is 15.5. The van der Waals surface area contributed by atoms with Gasteiger partial charge in [-0.15, -0.1) is 0 Å².